The van der Waals surface area contributed by atoms with Gasteiger partial charge in [0.2, 0.25) is 10.0 Å². The summed E-state index contributed by atoms with van der Waals surface area (Å²) in [6.45, 7) is 1.71. The minimum absolute atomic E-state index is 0.176. The van der Waals surface area contributed by atoms with Crippen LogP contribution in [0.2, 0.25) is 0 Å². The SMILES string of the molecule is C[C@@H]1[C@H](C(=O)O)CCCN1S(=O)(=O)c1ccc(F)cc1C#N. The molecular formula is C14H15FN2O4S. The van der Waals surface area contributed by atoms with Crippen molar-refractivity contribution in [2.45, 2.75) is 30.7 Å². The zero-order chi connectivity index (χ0) is 16.5. The fourth-order valence-electron chi connectivity index (χ4n) is 2.72. The summed E-state index contributed by atoms with van der Waals surface area (Å²) in [6.07, 6.45) is 0.820. The van der Waals surface area contributed by atoms with E-state index < -0.39 is 33.8 Å². The lowest BCUT2D eigenvalue weighted by Gasteiger charge is -2.36. The van der Waals surface area contributed by atoms with Gasteiger partial charge in [-0.3, -0.25) is 4.79 Å². The van der Waals surface area contributed by atoms with Gasteiger partial charge in [-0.25, -0.2) is 12.8 Å². The lowest BCUT2D eigenvalue weighted by Crippen LogP contribution is -2.49. The lowest BCUT2D eigenvalue weighted by atomic mass is 9.92. The first-order valence-electron chi connectivity index (χ1n) is 6.73. The average Bonchev–Trinajstić information content (AvgIpc) is 2.46. The van der Waals surface area contributed by atoms with Crippen LogP contribution >= 0.6 is 0 Å². The number of hydrogen-bond acceptors (Lipinski definition) is 4. The molecule has 0 aliphatic carbocycles. The minimum Gasteiger partial charge on any atom is -0.481 e. The molecule has 1 heterocycles. The van der Waals surface area contributed by atoms with Crippen molar-refractivity contribution in [3.05, 3.63) is 29.6 Å². The standard InChI is InChI=1S/C14H15FN2O4S/c1-9-12(14(18)19)3-2-6-17(9)22(20,21)13-5-4-11(15)7-10(13)8-16/h4-5,7,9,12H,2-3,6H2,1H3,(H,18,19)/t9-,12-/m1/s1. The molecule has 1 saturated heterocycles. The Hall–Kier alpha value is -1.98. The van der Waals surface area contributed by atoms with Gasteiger partial charge >= 0.3 is 5.97 Å². The summed E-state index contributed by atoms with van der Waals surface area (Å²) in [7, 11) is -4.06. The monoisotopic (exact) mass is 326 g/mol. The molecule has 0 spiro atoms. The van der Waals surface area contributed by atoms with E-state index in [1.807, 2.05) is 0 Å². The first-order valence-corrected chi connectivity index (χ1v) is 8.17. The summed E-state index contributed by atoms with van der Waals surface area (Å²) in [5.41, 5.74) is -0.287. The van der Waals surface area contributed by atoms with Gasteiger partial charge < -0.3 is 5.11 Å². The van der Waals surface area contributed by atoms with E-state index in [9.17, 15) is 22.7 Å². The van der Waals surface area contributed by atoms with Gasteiger partial charge in [0, 0.05) is 12.6 Å². The highest BCUT2D eigenvalue weighted by Gasteiger charge is 2.40. The number of carbonyl (C=O) groups is 1. The highest BCUT2D eigenvalue weighted by molar-refractivity contribution is 7.89. The van der Waals surface area contributed by atoms with Crippen LogP contribution in [0.1, 0.15) is 25.3 Å². The highest BCUT2D eigenvalue weighted by Crippen LogP contribution is 2.30. The molecule has 1 aliphatic heterocycles. The van der Waals surface area contributed by atoms with Crippen molar-refractivity contribution < 1.29 is 22.7 Å². The summed E-state index contributed by atoms with van der Waals surface area (Å²) in [6, 6.07) is 3.81. The number of aliphatic carboxylic acids is 1. The van der Waals surface area contributed by atoms with E-state index in [4.69, 9.17) is 5.26 Å². The van der Waals surface area contributed by atoms with Crippen LogP contribution < -0.4 is 0 Å². The number of benzene rings is 1. The molecule has 1 fully saturated rings. The van der Waals surface area contributed by atoms with Crippen molar-refractivity contribution in [2.75, 3.05) is 6.54 Å². The summed E-state index contributed by atoms with van der Waals surface area (Å²) < 4.78 is 39.7. The Kier molecular flexibility index (Phi) is 4.49. The Morgan fingerprint density at radius 3 is 2.77 bits per heavy atom. The van der Waals surface area contributed by atoms with Crippen LogP contribution in [0, 0.1) is 23.1 Å². The maximum atomic E-state index is 13.2. The molecule has 1 aromatic carbocycles. The maximum absolute atomic E-state index is 13.2. The third-order valence-electron chi connectivity index (χ3n) is 3.90. The van der Waals surface area contributed by atoms with Crippen molar-refractivity contribution in [3.8, 4) is 6.07 Å². The van der Waals surface area contributed by atoms with Crippen LogP contribution in [0.5, 0.6) is 0 Å². The average molecular weight is 326 g/mol. The van der Waals surface area contributed by atoms with E-state index in [2.05, 4.69) is 0 Å². The number of hydrogen-bond donors (Lipinski definition) is 1. The summed E-state index contributed by atoms with van der Waals surface area (Å²) >= 11 is 0. The van der Waals surface area contributed by atoms with Gasteiger partial charge in [0.15, 0.2) is 0 Å². The van der Waals surface area contributed by atoms with Gasteiger partial charge in [-0.15, -0.1) is 0 Å². The fraction of sp³-hybridized carbons (Fsp3) is 0.429. The van der Waals surface area contributed by atoms with Gasteiger partial charge in [0.05, 0.1) is 11.5 Å². The molecule has 0 amide bonds. The topological polar surface area (TPSA) is 98.5 Å². The summed E-state index contributed by atoms with van der Waals surface area (Å²) in [5.74, 6) is -2.55. The number of carboxylic acid groups (broad SMARTS) is 1. The second-order valence-corrected chi connectivity index (χ2v) is 7.05. The van der Waals surface area contributed by atoms with Crippen molar-refractivity contribution in [1.29, 1.82) is 5.26 Å². The first-order chi connectivity index (χ1) is 10.3. The van der Waals surface area contributed by atoms with E-state index in [0.29, 0.717) is 12.8 Å². The molecule has 2 atom stereocenters. The highest BCUT2D eigenvalue weighted by atomic mass is 32.2. The van der Waals surface area contributed by atoms with Crippen LogP contribution in [0.3, 0.4) is 0 Å². The number of nitrogens with zero attached hydrogens (tertiary/aromatic N) is 2. The normalized spacial score (nSPS) is 23.0. The quantitative estimate of drug-likeness (QED) is 0.909. The number of nitriles is 1. The number of piperidine rings is 1. The molecule has 0 radical (unpaired) electrons. The molecule has 2 rings (SSSR count). The second kappa shape index (κ2) is 6.02. The van der Waals surface area contributed by atoms with Crippen molar-refractivity contribution >= 4 is 16.0 Å². The van der Waals surface area contributed by atoms with Gasteiger partial charge in [0.25, 0.3) is 0 Å². The molecular weight excluding hydrogens is 311 g/mol. The van der Waals surface area contributed by atoms with Crippen molar-refractivity contribution in [3.63, 3.8) is 0 Å². The van der Waals surface area contributed by atoms with Crippen molar-refractivity contribution in [1.82, 2.24) is 4.31 Å². The van der Waals surface area contributed by atoms with E-state index in [-0.39, 0.29) is 17.0 Å². The Morgan fingerprint density at radius 2 is 2.18 bits per heavy atom. The number of halogens is 1. The zero-order valence-electron chi connectivity index (χ0n) is 11.9. The van der Waals surface area contributed by atoms with Gasteiger partial charge in [-0.1, -0.05) is 0 Å². The van der Waals surface area contributed by atoms with Crippen LogP contribution in [-0.4, -0.2) is 36.4 Å². The third kappa shape index (κ3) is 2.82. The van der Waals surface area contributed by atoms with E-state index in [1.165, 1.54) is 6.92 Å². The van der Waals surface area contributed by atoms with Crippen LogP contribution in [0.4, 0.5) is 4.39 Å². The Balaban J connectivity index is 2.47. The molecule has 22 heavy (non-hydrogen) atoms. The number of carboxylic acids is 1. The third-order valence-corrected chi connectivity index (χ3v) is 5.94. The molecule has 0 aromatic heterocycles. The van der Waals surface area contributed by atoms with Crippen LogP contribution in [0.25, 0.3) is 0 Å². The molecule has 118 valence electrons. The summed E-state index contributed by atoms with van der Waals surface area (Å²) in [5, 5.41) is 18.2. The molecule has 0 saturated carbocycles. The largest absolute Gasteiger partial charge is 0.481 e. The molecule has 1 N–H and O–H groups in total. The Labute approximate surface area is 127 Å². The predicted octanol–water partition coefficient (Wildman–Crippen LogP) is 1.57. The van der Waals surface area contributed by atoms with E-state index >= 15 is 0 Å². The molecule has 1 aromatic rings. The molecule has 0 unspecified atom stereocenters. The first kappa shape index (κ1) is 16.4. The number of rotatable bonds is 3. The minimum atomic E-state index is -4.06. The predicted molar refractivity (Wildman–Crippen MR) is 74.8 cm³/mol. The van der Waals surface area contributed by atoms with Crippen LogP contribution in [0.15, 0.2) is 23.1 Å². The zero-order valence-corrected chi connectivity index (χ0v) is 12.7. The Morgan fingerprint density at radius 1 is 1.50 bits per heavy atom. The smallest absolute Gasteiger partial charge is 0.308 e. The van der Waals surface area contributed by atoms with E-state index in [1.54, 1.807) is 6.07 Å². The molecule has 6 nitrogen and oxygen atoms in total. The lowest BCUT2D eigenvalue weighted by molar-refractivity contribution is -0.144. The summed E-state index contributed by atoms with van der Waals surface area (Å²) in [4.78, 5) is 10.9. The van der Waals surface area contributed by atoms with Crippen LogP contribution in [-0.2, 0) is 14.8 Å². The maximum Gasteiger partial charge on any atom is 0.308 e. The second-order valence-electron chi connectivity index (χ2n) is 5.20. The molecule has 8 heteroatoms. The fourth-order valence-corrected chi connectivity index (χ4v) is 4.55. The Bertz CT molecular complexity index is 742. The van der Waals surface area contributed by atoms with Gasteiger partial charge in [0.1, 0.15) is 16.8 Å². The number of sulfonamides is 1. The van der Waals surface area contributed by atoms with Gasteiger partial charge in [-0.2, -0.15) is 9.57 Å². The van der Waals surface area contributed by atoms with Gasteiger partial charge in [-0.05, 0) is 38.0 Å². The molecule has 1 aliphatic rings. The molecule has 0 bridgehead atoms. The van der Waals surface area contributed by atoms with Crippen molar-refractivity contribution in [2.24, 2.45) is 5.92 Å². The van der Waals surface area contributed by atoms with E-state index in [0.717, 1.165) is 22.5 Å².